The largest absolute Gasteiger partial charge is 0.497 e. The Morgan fingerprint density at radius 2 is 1.70 bits per heavy atom. The van der Waals surface area contributed by atoms with Gasteiger partial charge in [-0.1, -0.05) is 0 Å². The molecule has 0 unspecified atom stereocenters. The molecule has 10 heteroatoms. The number of ether oxygens (including phenoxy) is 2. The highest BCUT2D eigenvalue weighted by molar-refractivity contribution is 5.63. The van der Waals surface area contributed by atoms with Gasteiger partial charge in [-0.25, -0.2) is 4.98 Å². The lowest BCUT2D eigenvalue weighted by Crippen LogP contribution is -2.27. The summed E-state index contributed by atoms with van der Waals surface area (Å²) >= 11 is 0. The molecule has 1 aromatic heterocycles. The fourth-order valence-electron chi connectivity index (χ4n) is 2.27. The quantitative estimate of drug-likeness (QED) is 0.483. The van der Waals surface area contributed by atoms with Gasteiger partial charge in [-0.05, 0) is 24.3 Å². The van der Waals surface area contributed by atoms with Crippen LogP contribution in [0, 0.1) is 32.8 Å². The Morgan fingerprint density at radius 3 is 2.22 bits per heavy atom. The molecule has 27 heavy (non-hydrogen) atoms. The molecule has 2 aromatic rings. The second-order valence-electron chi connectivity index (χ2n) is 5.19. The van der Waals surface area contributed by atoms with Crippen LogP contribution >= 0.6 is 0 Å². The molecule has 0 aliphatic heterocycles. The smallest absolute Gasteiger partial charge is 0.373 e. The lowest BCUT2D eigenvalue weighted by Gasteiger charge is -2.21. The molecular formula is C17H16N6O4. The average molecular weight is 368 g/mol. The molecule has 0 N–H and O–H groups in total. The Balaban J connectivity index is 2.40. The van der Waals surface area contributed by atoms with Crippen molar-refractivity contribution in [3.05, 3.63) is 40.7 Å². The maximum Gasteiger partial charge on any atom is 0.373 e. The van der Waals surface area contributed by atoms with Crippen LogP contribution in [0.1, 0.15) is 12.8 Å². The Hall–Kier alpha value is -3.92. The Bertz CT molecular complexity index is 854. The van der Waals surface area contributed by atoms with E-state index in [-0.39, 0.29) is 37.6 Å². The minimum atomic E-state index is -0.639. The van der Waals surface area contributed by atoms with Gasteiger partial charge in [-0.2, -0.15) is 15.5 Å². The van der Waals surface area contributed by atoms with Crippen molar-refractivity contribution in [1.29, 1.82) is 10.5 Å². The Morgan fingerprint density at radius 1 is 1.11 bits per heavy atom. The topological polar surface area (TPSA) is 138 Å². The fourth-order valence-corrected chi connectivity index (χ4v) is 2.27. The second kappa shape index (κ2) is 9.53. The standard InChI is InChI=1S/C17H16N6O4/c1-26-13-4-6-14(7-5-13)27-17-15(23(24)25)16(20-12-21-17)22(10-2-8-18)11-3-9-19/h4-7,12H,2-3,10-11H2,1H3. The van der Waals surface area contributed by atoms with E-state index in [2.05, 4.69) is 9.97 Å². The van der Waals surface area contributed by atoms with Crippen LogP contribution in [0.3, 0.4) is 0 Å². The molecule has 138 valence electrons. The number of nitrogens with zero attached hydrogens (tertiary/aromatic N) is 6. The second-order valence-corrected chi connectivity index (χ2v) is 5.19. The van der Waals surface area contributed by atoms with Crippen molar-refractivity contribution >= 4 is 11.5 Å². The normalized spacial score (nSPS) is 9.74. The van der Waals surface area contributed by atoms with E-state index in [0.717, 1.165) is 6.33 Å². The lowest BCUT2D eigenvalue weighted by molar-refractivity contribution is -0.385. The molecule has 1 aromatic carbocycles. The van der Waals surface area contributed by atoms with Gasteiger partial charge in [0.2, 0.25) is 5.82 Å². The van der Waals surface area contributed by atoms with Gasteiger partial charge in [0, 0.05) is 13.1 Å². The zero-order valence-corrected chi connectivity index (χ0v) is 14.5. The van der Waals surface area contributed by atoms with Crippen molar-refractivity contribution < 1.29 is 14.4 Å². The van der Waals surface area contributed by atoms with Crippen LogP contribution in [0.15, 0.2) is 30.6 Å². The van der Waals surface area contributed by atoms with E-state index >= 15 is 0 Å². The van der Waals surface area contributed by atoms with Crippen molar-refractivity contribution in [3.8, 4) is 29.5 Å². The van der Waals surface area contributed by atoms with Gasteiger partial charge in [0.15, 0.2) is 0 Å². The molecule has 0 aliphatic carbocycles. The molecule has 0 amide bonds. The van der Waals surface area contributed by atoms with Gasteiger partial charge >= 0.3 is 11.6 Å². The number of aromatic nitrogens is 2. The van der Waals surface area contributed by atoms with E-state index in [4.69, 9.17) is 20.0 Å². The molecule has 0 atom stereocenters. The maximum atomic E-state index is 11.7. The van der Waals surface area contributed by atoms with Crippen LogP contribution < -0.4 is 14.4 Å². The Labute approximate surface area is 155 Å². The summed E-state index contributed by atoms with van der Waals surface area (Å²) in [5.74, 6) is 0.724. The molecule has 0 saturated carbocycles. The zero-order chi connectivity index (χ0) is 19.6. The molecule has 0 fully saturated rings. The van der Waals surface area contributed by atoms with Gasteiger partial charge in [0.25, 0.3) is 0 Å². The number of nitriles is 2. The molecule has 0 radical (unpaired) electrons. The number of hydrogen-bond acceptors (Lipinski definition) is 9. The van der Waals surface area contributed by atoms with E-state index in [0.29, 0.717) is 11.5 Å². The van der Waals surface area contributed by atoms with Crippen LogP contribution in [0.2, 0.25) is 0 Å². The minimum absolute atomic E-state index is 0.00371. The third kappa shape index (κ3) is 5.03. The van der Waals surface area contributed by atoms with E-state index in [1.54, 1.807) is 24.3 Å². The predicted octanol–water partition coefficient (Wildman–Crippen LogP) is 2.82. The number of hydrogen-bond donors (Lipinski definition) is 0. The van der Waals surface area contributed by atoms with E-state index in [1.807, 2.05) is 12.1 Å². The van der Waals surface area contributed by atoms with Crippen LogP contribution in [0.4, 0.5) is 11.5 Å². The zero-order valence-electron chi connectivity index (χ0n) is 14.5. The first-order valence-electron chi connectivity index (χ1n) is 7.90. The summed E-state index contributed by atoms with van der Waals surface area (Å²) in [4.78, 5) is 20.4. The average Bonchev–Trinajstić information content (AvgIpc) is 2.68. The number of methoxy groups -OCH3 is 1. The molecule has 0 spiro atoms. The summed E-state index contributed by atoms with van der Waals surface area (Å²) in [5, 5.41) is 29.3. The van der Waals surface area contributed by atoms with Crippen molar-refractivity contribution in [2.45, 2.75) is 12.8 Å². The van der Waals surface area contributed by atoms with Crippen LogP contribution in [-0.2, 0) is 0 Å². The van der Waals surface area contributed by atoms with E-state index in [1.165, 1.54) is 12.0 Å². The minimum Gasteiger partial charge on any atom is -0.497 e. The number of nitro groups is 1. The van der Waals surface area contributed by atoms with Crippen LogP contribution in [0.25, 0.3) is 0 Å². The molecule has 0 aliphatic rings. The maximum absolute atomic E-state index is 11.7. The first-order chi connectivity index (χ1) is 13.1. The van der Waals surface area contributed by atoms with Gasteiger partial charge < -0.3 is 14.4 Å². The summed E-state index contributed by atoms with van der Waals surface area (Å²) < 4.78 is 10.6. The highest BCUT2D eigenvalue weighted by Crippen LogP contribution is 2.36. The third-order valence-electron chi connectivity index (χ3n) is 3.51. The highest BCUT2D eigenvalue weighted by atomic mass is 16.6. The van der Waals surface area contributed by atoms with Gasteiger partial charge in [-0.15, -0.1) is 0 Å². The van der Waals surface area contributed by atoms with Crippen molar-refractivity contribution in [3.63, 3.8) is 0 Å². The van der Waals surface area contributed by atoms with Gasteiger partial charge in [0.05, 0.1) is 37.0 Å². The molecule has 0 saturated heterocycles. The van der Waals surface area contributed by atoms with Crippen molar-refractivity contribution in [2.75, 3.05) is 25.1 Å². The highest BCUT2D eigenvalue weighted by Gasteiger charge is 2.28. The summed E-state index contributed by atoms with van der Waals surface area (Å²) in [5.41, 5.74) is -0.427. The molecule has 2 rings (SSSR count). The van der Waals surface area contributed by atoms with Gasteiger partial charge in [-0.3, -0.25) is 10.1 Å². The monoisotopic (exact) mass is 368 g/mol. The summed E-state index contributed by atoms with van der Waals surface area (Å²) in [6.07, 6.45) is 1.40. The van der Waals surface area contributed by atoms with Crippen molar-refractivity contribution in [2.24, 2.45) is 0 Å². The fraction of sp³-hybridized carbons (Fsp3) is 0.294. The van der Waals surface area contributed by atoms with Crippen LogP contribution in [-0.4, -0.2) is 35.1 Å². The van der Waals surface area contributed by atoms with E-state index in [9.17, 15) is 10.1 Å². The molecule has 0 bridgehead atoms. The summed E-state index contributed by atoms with van der Waals surface area (Å²) in [7, 11) is 1.52. The summed E-state index contributed by atoms with van der Waals surface area (Å²) in [6.45, 7) is 0.385. The molecule has 10 nitrogen and oxygen atoms in total. The number of benzene rings is 1. The van der Waals surface area contributed by atoms with Crippen LogP contribution in [0.5, 0.6) is 17.4 Å². The van der Waals surface area contributed by atoms with Gasteiger partial charge in [0.1, 0.15) is 17.8 Å². The van der Waals surface area contributed by atoms with E-state index < -0.39 is 10.6 Å². The first kappa shape index (κ1) is 19.4. The summed E-state index contributed by atoms with van der Waals surface area (Å²) in [6, 6.07) is 10.4. The molecular weight excluding hydrogens is 352 g/mol. The van der Waals surface area contributed by atoms with Crippen molar-refractivity contribution in [1.82, 2.24) is 9.97 Å². The SMILES string of the molecule is COc1ccc(Oc2ncnc(N(CCC#N)CCC#N)c2[N+](=O)[O-])cc1. The third-order valence-corrected chi connectivity index (χ3v) is 3.51. The molecule has 1 heterocycles. The Kier molecular flexibility index (Phi) is 6.85. The first-order valence-corrected chi connectivity index (χ1v) is 7.90. The number of anilines is 1. The number of rotatable bonds is 9. The predicted molar refractivity (Wildman–Crippen MR) is 94.4 cm³/mol. The lowest BCUT2D eigenvalue weighted by atomic mass is 10.3.